The largest absolute Gasteiger partial charge is 0.467 e. The molecule has 0 bridgehead atoms. The van der Waals surface area contributed by atoms with Crippen LogP contribution >= 0.6 is 11.3 Å². The van der Waals surface area contributed by atoms with E-state index in [9.17, 15) is 4.79 Å². The van der Waals surface area contributed by atoms with E-state index in [1.807, 2.05) is 53.1 Å². The van der Waals surface area contributed by atoms with Gasteiger partial charge in [-0.1, -0.05) is 6.07 Å². The van der Waals surface area contributed by atoms with Crippen LogP contribution in [0.1, 0.15) is 40.4 Å². The highest BCUT2D eigenvalue weighted by Gasteiger charge is 2.19. The van der Waals surface area contributed by atoms with Gasteiger partial charge in [0.05, 0.1) is 44.1 Å². The first-order chi connectivity index (χ1) is 13.6. The maximum atomic E-state index is 13.0. The number of aryl methyl sites for hydroxylation is 2. The first-order valence-corrected chi connectivity index (χ1v) is 10.2. The normalized spacial score (nSPS) is 10.8. The molecule has 1 amide bonds. The highest BCUT2D eigenvalue weighted by molar-refractivity contribution is 7.09. The molecule has 0 aliphatic carbocycles. The Morgan fingerprint density at radius 3 is 2.86 bits per heavy atom. The van der Waals surface area contributed by atoms with Gasteiger partial charge in [0.15, 0.2) is 0 Å². The van der Waals surface area contributed by atoms with Gasteiger partial charge in [0.2, 0.25) is 5.91 Å². The van der Waals surface area contributed by atoms with Crippen LogP contribution in [0.3, 0.4) is 0 Å². The van der Waals surface area contributed by atoms with Gasteiger partial charge in [0.1, 0.15) is 5.76 Å². The number of nitrogens with zero attached hydrogens (tertiary/aromatic N) is 4. The lowest BCUT2D eigenvalue weighted by molar-refractivity contribution is -0.132. The van der Waals surface area contributed by atoms with Crippen molar-refractivity contribution in [2.45, 2.75) is 52.7 Å². The fourth-order valence-electron chi connectivity index (χ4n) is 3.27. The minimum atomic E-state index is 0.0911. The summed E-state index contributed by atoms with van der Waals surface area (Å²) >= 11 is 1.65. The monoisotopic (exact) mass is 396 g/mol. The molecule has 0 aliphatic heterocycles. The van der Waals surface area contributed by atoms with Crippen LogP contribution in [0.2, 0.25) is 0 Å². The van der Waals surface area contributed by atoms with Gasteiger partial charge in [-0.05, 0) is 49.4 Å². The predicted octanol–water partition coefficient (Wildman–Crippen LogP) is 4.23. The van der Waals surface area contributed by atoms with Crippen molar-refractivity contribution in [2.75, 3.05) is 0 Å². The Morgan fingerprint density at radius 2 is 2.18 bits per heavy atom. The van der Waals surface area contributed by atoms with E-state index in [0.717, 1.165) is 27.6 Å². The van der Waals surface area contributed by atoms with E-state index < -0.39 is 0 Å². The Morgan fingerprint density at radius 1 is 1.32 bits per heavy atom. The van der Waals surface area contributed by atoms with Crippen LogP contribution in [0, 0.1) is 25.2 Å². The number of nitriles is 1. The quantitative estimate of drug-likeness (QED) is 0.542. The summed E-state index contributed by atoms with van der Waals surface area (Å²) in [5, 5.41) is 15.3. The summed E-state index contributed by atoms with van der Waals surface area (Å²) in [5.41, 5.74) is 3.07. The van der Waals surface area contributed by atoms with Gasteiger partial charge in [-0.25, -0.2) is 0 Å². The lowest BCUT2D eigenvalue weighted by atomic mass is 10.1. The lowest BCUT2D eigenvalue weighted by Crippen LogP contribution is -2.30. The van der Waals surface area contributed by atoms with Gasteiger partial charge in [-0.15, -0.1) is 11.3 Å². The van der Waals surface area contributed by atoms with Crippen molar-refractivity contribution in [3.05, 3.63) is 63.5 Å². The minimum absolute atomic E-state index is 0.0911. The molecule has 7 heteroatoms. The Bertz CT molecular complexity index is 900. The molecule has 6 nitrogen and oxygen atoms in total. The Balaban J connectivity index is 1.68. The molecule has 3 aromatic rings. The third kappa shape index (κ3) is 4.90. The van der Waals surface area contributed by atoms with E-state index in [-0.39, 0.29) is 5.91 Å². The molecule has 146 valence electrons. The van der Waals surface area contributed by atoms with Gasteiger partial charge in [-0.3, -0.25) is 9.48 Å². The van der Waals surface area contributed by atoms with Crippen molar-refractivity contribution in [2.24, 2.45) is 0 Å². The fraction of sp³-hybridized carbons (Fsp3) is 0.381. The molecule has 3 aromatic heterocycles. The van der Waals surface area contributed by atoms with Crippen LogP contribution in [0.25, 0.3) is 0 Å². The van der Waals surface area contributed by atoms with E-state index in [4.69, 9.17) is 9.68 Å². The summed E-state index contributed by atoms with van der Waals surface area (Å²) in [7, 11) is 0. The molecule has 0 saturated heterocycles. The second-order valence-electron chi connectivity index (χ2n) is 6.69. The predicted molar refractivity (Wildman–Crippen MR) is 108 cm³/mol. The first kappa shape index (κ1) is 19.9. The molecule has 3 rings (SSSR count). The molecule has 0 aromatic carbocycles. The third-order valence-corrected chi connectivity index (χ3v) is 5.62. The number of thiophene rings is 1. The second kappa shape index (κ2) is 9.38. The zero-order chi connectivity index (χ0) is 19.9. The van der Waals surface area contributed by atoms with Crippen molar-refractivity contribution in [3.8, 4) is 6.07 Å². The third-order valence-electron chi connectivity index (χ3n) is 4.76. The number of amides is 1. The zero-order valence-electron chi connectivity index (χ0n) is 16.2. The maximum Gasteiger partial charge on any atom is 0.223 e. The molecule has 3 heterocycles. The second-order valence-corrected chi connectivity index (χ2v) is 7.72. The molecule has 0 atom stereocenters. The molecular formula is C21H24N4O2S. The summed E-state index contributed by atoms with van der Waals surface area (Å²) in [4.78, 5) is 16.0. The van der Waals surface area contributed by atoms with E-state index >= 15 is 0 Å². The van der Waals surface area contributed by atoms with Gasteiger partial charge >= 0.3 is 0 Å². The fourth-order valence-corrected chi connectivity index (χ4v) is 3.99. The molecule has 0 N–H and O–H groups in total. The molecular weight excluding hydrogens is 372 g/mol. The molecule has 0 unspecified atom stereocenters. The highest BCUT2D eigenvalue weighted by Crippen LogP contribution is 2.19. The number of carbonyl (C=O) groups excluding carboxylic acids is 1. The van der Waals surface area contributed by atoms with Crippen LogP contribution < -0.4 is 0 Å². The maximum absolute atomic E-state index is 13.0. The van der Waals surface area contributed by atoms with E-state index in [0.29, 0.717) is 38.9 Å². The van der Waals surface area contributed by atoms with Gasteiger partial charge < -0.3 is 9.32 Å². The summed E-state index contributed by atoms with van der Waals surface area (Å²) < 4.78 is 7.31. The van der Waals surface area contributed by atoms with Gasteiger partial charge in [0.25, 0.3) is 0 Å². The standard InChI is InChI=1S/C21H24N4O2S/c1-16-20(17(2)25(23-16)11-5-10-22)8-9-21(26)24(14-18-6-3-12-27-18)15-19-7-4-13-28-19/h3-4,6-7,12-13H,5,8-9,11,14-15H2,1-2H3. The van der Waals surface area contributed by atoms with Crippen LogP contribution in [-0.4, -0.2) is 20.6 Å². The van der Waals surface area contributed by atoms with Gasteiger partial charge in [0, 0.05) is 17.0 Å². The Labute approximate surface area is 169 Å². The molecule has 0 aliphatic rings. The van der Waals surface area contributed by atoms with Crippen LogP contribution in [0.4, 0.5) is 0 Å². The Kier molecular flexibility index (Phi) is 6.66. The zero-order valence-corrected chi connectivity index (χ0v) is 17.0. The van der Waals surface area contributed by atoms with Gasteiger partial charge in [-0.2, -0.15) is 10.4 Å². The minimum Gasteiger partial charge on any atom is -0.467 e. The molecule has 28 heavy (non-hydrogen) atoms. The van der Waals surface area contributed by atoms with Crippen molar-refractivity contribution < 1.29 is 9.21 Å². The summed E-state index contributed by atoms with van der Waals surface area (Å²) in [6, 6.07) is 9.92. The van der Waals surface area contributed by atoms with E-state index in [1.54, 1.807) is 17.6 Å². The number of aromatic nitrogens is 2. The topological polar surface area (TPSA) is 75.1 Å². The number of carbonyl (C=O) groups is 1. The van der Waals surface area contributed by atoms with Crippen LogP contribution in [0.15, 0.2) is 40.3 Å². The molecule has 0 saturated carbocycles. The number of rotatable bonds is 9. The van der Waals surface area contributed by atoms with Crippen molar-refractivity contribution >= 4 is 17.2 Å². The summed E-state index contributed by atoms with van der Waals surface area (Å²) in [6.07, 6.45) is 3.11. The molecule has 0 spiro atoms. The van der Waals surface area contributed by atoms with E-state index in [2.05, 4.69) is 11.2 Å². The van der Waals surface area contributed by atoms with Crippen molar-refractivity contribution in [1.82, 2.24) is 14.7 Å². The number of hydrogen-bond acceptors (Lipinski definition) is 5. The smallest absolute Gasteiger partial charge is 0.223 e. The van der Waals surface area contributed by atoms with Crippen molar-refractivity contribution in [3.63, 3.8) is 0 Å². The highest BCUT2D eigenvalue weighted by atomic mass is 32.1. The first-order valence-electron chi connectivity index (χ1n) is 9.31. The lowest BCUT2D eigenvalue weighted by Gasteiger charge is -2.21. The SMILES string of the molecule is Cc1nn(CCC#N)c(C)c1CCC(=O)N(Cc1ccco1)Cc1cccs1. The molecule has 0 radical (unpaired) electrons. The van der Waals surface area contributed by atoms with Crippen LogP contribution in [-0.2, 0) is 30.8 Å². The average Bonchev–Trinajstić information content (AvgIpc) is 3.42. The number of furan rings is 1. The summed E-state index contributed by atoms with van der Waals surface area (Å²) in [6.45, 7) is 5.59. The van der Waals surface area contributed by atoms with Crippen LogP contribution in [0.5, 0.6) is 0 Å². The number of hydrogen-bond donors (Lipinski definition) is 0. The average molecular weight is 397 g/mol. The van der Waals surface area contributed by atoms with E-state index in [1.165, 1.54) is 0 Å². The molecule has 0 fully saturated rings. The summed E-state index contributed by atoms with van der Waals surface area (Å²) in [5.74, 6) is 0.870. The van der Waals surface area contributed by atoms with Crippen molar-refractivity contribution in [1.29, 1.82) is 5.26 Å². The Hall–Kier alpha value is -2.85.